The van der Waals surface area contributed by atoms with Gasteiger partial charge in [0.25, 0.3) is 5.91 Å². The highest BCUT2D eigenvalue weighted by molar-refractivity contribution is 6.30. The molecule has 2 amide bonds. The molecule has 2 fully saturated rings. The van der Waals surface area contributed by atoms with Crippen LogP contribution in [0.3, 0.4) is 0 Å². The molecule has 34 heavy (non-hydrogen) atoms. The summed E-state index contributed by atoms with van der Waals surface area (Å²) in [6.07, 6.45) is 1.69. The maximum atomic E-state index is 13.2. The van der Waals surface area contributed by atoms with Crippen molar-refractivity contribution in [3.05, 3.63) is 46.8 Å². The summed E-state index contributed by atoms with van der Waals surface area (Å²) in [6.45, 7) is 5.07. The fraction of sp³-hybridized carbons (Fsp3) is 0.542. The van der Waals surface area contributed by atoms with Crippen molar-refractivity contribution in [3.63, 3.8) is 0 Å². The lowest BCUT2D eigenvalue weighted by molar-refractivity contribution is -0.155. The van der Waals surface area contributed by atoms with Crippen LogP contribution >= 0.6 is 11.6 Å². The molecule has 0 spiro atoms. The lowest BCUT2D eigenvalue weighted by atomic mass is 9.96. The van der Waals surface area contributed by atoms with E-state index in [-0.39, 0.29) is 43.7 Å². The molecule has 4 rings (SSSR count). The van der Waals surface area contributed by atoms with E-state index in [0.717, 1.165) is 12.8 Å². The van der Waals surface area contributed by atoms with Gasteiger partial charge in [-0.3, -0.25) is 9.59 Å². The highest BCUT2D eigenvalue weighted by Gasteiger charge is 2.43. The lowest BCUT2D eigenvalue weighted by Gasteiger charge is -2.42. The van der Waals surface area contributed by atoms with Gasteiger partial charge in [-0.1, -0.05) is 29.7 Å². The fourth-order valence-corrected chi connectivity index (χ4v) is 4.36. The van der Waals surface area contributed by atoms with Crippen LogP contribution in [0.15, 0.2) is 34.9 Å². The van der Waals surface area contributed by atoms with Crippen LogP contribution in [-0.2, 0) is 20.7 Å². The summed E-state index contributed by atoms with van der Waals surface area (Å²) in [7, 11) is 0. The molecule has 0 bridgehead atoms. The number of ether oxygens (including phenoxy) is 3. The molecule has 1 aromatic heterocycles. The number of aromatic nitrogens is 1. The van der Waals surface area contributed by atoms with Crippen LogP contribution in [0.4, 0.5) is 0 Å². The molecule has 0 aliphatic carbocycles. The van der Waals surface area contributed by atoms with E-state index in [1.807, 2.05) is 6.92 Å². The molecule has 0 unspecified atom stereocenters. The Labute approximate surface area is 203 Å². The van der Waals surface area contributed by atoms with Gasteiger partial charge in [-0.15, -0.1) is 0 Å². The molecule has 2 aliphatic rings. The summed E-state index contributed by atoms with van der Waals surface area (Å²) in [5, 5.41) is 4.50. The number of nitrogens with zero attached hydrogens (tertiary/aromatic N) is 3. The van der Waals surface area contributed by atoms with Crippen LogP contribution in [0.2, 0.25) is 5.02 Å². The Hall–Kier alpha value is -2.62. The minimum absolute atomic E-state index is 0.0565. The van der Waals surface area contributed by atoms with Gasteiger partial charge in [0.2, 0.25) is 5.91 Å². The van der Waals surface area contributed by atoms with Crippen molar-refractivity contribution in [2.75, 3.05) is 52.6 Å². The Kier molecular flexibility index (Phi) is 8.07. The number of morpholine rings is 2. The fourth-order valence-electron chi connectivity index (χ4n) is 4.18. The maximum absolute atomic E-state index is 13.2. The van der Waals surface area contributed by atoms with E-state index in [9.17, 15) is 9.59 Å². The summed E-state index contributed by atoms with van der Waals surface area (Å²) in [4.78, 5) is 29.8. The van der Waals surface area contributed by atoms with Crippen molar-refractivity contribution in [1.29, 1.82) is 0 Å². The minimum atomic E-state index is -1.01. The van der Waals surface area contributed by atoms with Gasteiger partial charge in [0, 0.05) is 37.1 Å². The lowest BCUT2D eigenvalue weighted by Crippen LogP contribution is -2.58. The van der Waals surface area contributed by atoms with Gasteiger partial charge in [0.05, 0.1) is 32.8 Å². The maximum Gasteiger partial charge on any atom is 0.276 e. The third-order valence-electron chi connectivity index (χ3n) is 5.95. The zero-order chi connectivity index (χ0) is 24.0. The topological polar surface area (TPSA) is 94.3 Å². The monoisotopic (exact) mass is 491 g/mol. The second-order valence-corrected chi connectivity index (χ2v) is 9.04. The van der Waals surface area contributed by atoms with Gasteiger partial charge in [0.15, 0.2) is 5.69 Å². The normalized spacial score (nSPS) is 20.9. The Bertz CT molecular complexity index is 993. The number of halogens is 1. The van der Waals surface area contributed by atoms with Gasteiger partial charge in [-0.05, 0) is 24.6 Å². The first-order chi connectivity index (χ1) is 16.5. The van der Waals surface area contributed by atoms with Crippen molar-refractivity contribution < 1.29 is 28.3 Å². The molecule has 2 saturated heterocycles. The SMILES string of the molecule is CCCc1cc(C(=O)N2CCO[C@@](COc3cccc(Cl)c3)(CC(=O)N3CCOCC3)C2)no1. The molecular weight excluding hydrogens is 462 g/mol. The summed E-state index contributed by atoms with van der Waals surface area (Å²) < 4.78 is 22.8. The second-order valence-electron chi connectivity index (χ2n) is 8.60. The number of carbonyl (C=O) groups excluding carboxylic acids is 2. The zero-order valence-corrected chi connectivity index (χ0v) is 20.1. The molecule has 0 N–H and O–H groups in total. The zero-order valence-electron chi connectivity index (χ0n) is 19.3. The molecule has 1 atom stereocenters. The molecule has 0 radical (unpaired) electrons. The number of hydrogen-bond donors (Lipinski definition) is 0. The van der Waals surface area contributed by atoms with Crippen LogP contribution in [0.25, 0.3) is 0 Å². The van der Waals surface area contributed by atoms with Crippen molar-refractivity contribution in [3.8, 4) is 5.75 Å². The first-order valence-corrected chi connectivity index (χ1v) is 12.0. The molecule has 2 aromatic rings. The molecule has 10 heteroatoms. The minimum Gasteiger partial charge on any atom is -0.490 e. The van der Waals surface area contributed by atoms with Gasteiger partial charge < -0.3 is 28.5 Å². The quantitative estimate of drug-likeness (QED) is 0.560. The summed E-state index contributed by atoms with van der Waals surface area (Å²) >= 11 is 6.09. The predicted octanol–water partition coefficient (Wildman–Crippen LogP) is 2.82. The summed E-state index contributed by atoms with van der Waals surface area (Å²) in [5.74, 6) is 0.940. The number of rotatable bonds is 8. The van der Waals surface area contributed by atoms with Gasteiger partial charge in [-0.25, -0.2) is 0 Å². The number of carbonyl (C=O) groups is 2. The van der Waals surface area contributed by atoms with Crippen molar-refractivity contribution >= 4 is 23.4 Å². The number of benzene rings is 1. The third kappa shape index (κ3) is 6.08. The number of amides is 2. The molecule has 2 aliphatic heterocycles. The smallest absolute Gasteiger partial charge is 0.276 e. The average molecular weight is 492 g/mol. The van der Waals surface area contributed by atoms with Crippen molar-refractivity contribution in [2.45, 2.75) is 31.8 Å². The average Bonchev–Trinajstić information content (AvgIpc) is 3.32. The molecule has 1 aromatic carbocycles. The molecular formula is C24H30ClN3O6. The predicted molar refractivity (Wildman–Crippen MR) is 124 cm³/mol. The van der Waals surface area contributed by atoms with Crippen LogP contribution in [-0.4, -0.2) is 85.0 Å². The molecule has 9 nitrogen and oxygen atoms in total. The molecule has 3 heterocycles. The Morgan fingerprint density at radius 1 is 1.15 bits per heavy atom. The second kappa shape index (κ2) is 11.2. The van der Waals surface area contributed by atoms with Crippen LogP contribution < -0.4 is 4.74 Å². The standard InChI is InChI=1S/C24H30ClN3O6/c1-2-4-20-14-21(26-34-20)23(30)28-9-12-33-24(16-28,15-22(29)27-7-10-31-11-8-27)17-32-19-6-3-5-18(25)13-19/h3,5-6,13-14H,2,4,7-12,15-17H2,1H3/t24-/m0/s1. The van der Waals surface area contributed by atoms with E-state index >= 15 is 0 Å². The largest absolute Gasteiger partial charge is 0.490 e. The first-order valence-electron chi connectivity index (χ1n) is 11.6. The first kappa shape index (κ1) is 24.5. The van der Waals surface area contributed by atoms with Crippen LogP contribution in [0.5, 0.6) is 5.75 Å². The molecule has 0 saturated carbocycles. The third-order valence-corrected chi connectivity index (χ3v) is 6.18. The Balaban J connectivity index is 1.51. The Morgan fingerprint density at radius 3 is 2.71 bits per heavy atom. The highest BCUT2D eigenvalue weighted by atomic mass is 35.5. The van der Waals surface area contributed by atoms with E-state index in [4.69, 9.17) is 30.3 Å². The van der Waals surface area contributed by atoms with Gasteiger partial charge in [0.1, 0.15) is 23.7 Å². The van der Waals surface area contributed by atoms with E-state index in [2.05, 4.69) is 5.16 Å². The summed E-state index contributed by atoms with van der Waals surface area (Å²) in [6, 6.07) is 8.73. The number of aryl methyl sites for hydroxylation is 1. The molecule has 184 valence electrons. The van der Waals surface area contributed by atoms with Crippen LogP contribution in [0, 0.1) is 0 Å². The van der Waals surface area contributed by atoms with E-state index < -0.39 is 5.60 Å². The van der Waals surface area contributed by atoms with Crippen molar-refractivity contribution in [2.24, 2.45) is 0 Å². The van der Waals surface area contributed by atoms with E-state index in [1.54, 1.807) is 40.1 Å². The Morgan fingerprint density at radius 2 is 1.94 bits per heavy atom. The highest BCUT2D eigenvalue weighted by Crippen LogP contribution is 2.27. The van der Waals surface area contributed by atoms with Crippen LogP contribution in [0.1, 0.15) is 36.0 Å². The van der Waals surface area contributed by atoms with Gasteiger partial charge in [-0.2, -0.15) is 0 Å². The van der Waals surface area contributed by atoms with E-state index in [0.29, 0.717) is 49.4 Å². The number of hydrogen-bond acceptors (Lipinski definition) is 7. The van der Waals surface area contributed by atoms with E-state index in [1.165, 1.54) is 0 Å². The summed E-state index contributed by atoms with van der Waals surface area (Å²) in [5.41, 5.74) is -0.753. The van der Waals surface area contributed by atoms with Gasteiger partial charge >= 0.3 is 0 Å². The van der Waals surface area contributed by atoms with Crippen molar-refractivity contribution in [1.82, 2.24) is 15.0 Å².